The molecule has 210 valence electrons. The number of rotatable bonds is 7. The number of nitrogens with one attached hydrogen (secondary N) is 1. The van der Waals surface area contributed by atoms with Gasteiger partial charge in [-0.2, -0.15) is 4.99 Å². The number of benzene rings is 1. The Morgan fingerprint density at radius 3 is 2.13 bits per heavy atom. The van der Waals surface area contributed by atoms with Crippen LogP contribution < -0.4 is 11.1 Å². The Bertz CT molecular complexity index is 1320. The molecule has 12 nitrogen and oxygen atoms in total. The average molecular weight is 552 g/mol. The van der Waals surface area contributed by atoms with Crippen molar-refractivity contribution < 1.29 is 33.6 Å². The van der Waals surface area contributed by atoms with Gasteiger partial charge in [-0.05, 0) is 34.4 Å². The number of nitrogens with two attached hydrogens (primary N) is 1. The molecule has 0 radical (unpaired) electrons. The molecular formula is C25H37N5O7S. The van der Waals surface area contributed by atoms with E-state index in [1.54, 1.807) is 0 Å². The first-order chi connectivity index (χ1) is 17.6. The fourth-order valence-corrected chi connectivity index (χ4v) is 7.04. The zero-order chi connectivity index (χ0) is 28.3. The molecule has 2 aliphatic heterocycles. The molecule has 1 saturated heterocycles. The SMILES string of the molecule is CC(C)c1cc(C(C)C)c(S(=O)(=O)C2(O)N=C(N)Nc3c2ncn3[C@@H]2O[C@H](CO)[C@@H](O)[C@H]2O)c(C(C)C)c1. The fraction of sp³-hybridized carbons (Fsp3) is 0.600. The molecule has 0 bridgehead atoms. The second kappa shape index (κ2) is 9.88. The normalized spacial score (nSPS) is 27.7. The highest BCUT2D eigenvalue weighted by Crippen LogP contribution is 2.46. The van der Waals surface area contributed by atoms with Crippen molar-refractivity contribution >= 4 is 21.6 Å². The molecule has 3 heterocycles. The fourth-order valence-electron chi connectivity index (χ4n) is 4.92. The van der Waals surface area contributed by atoms with Crippen molar-refractivity contribution in [3.05, 3.63) is 40.8 Å². The Kier molecular flexibility index (Phi) is 7.40. The number of aliphatic imine (C=N–C) groups is 1. The molecule has 1 aromatic carbocycles. The predicted molar refractivity (Wildman–Crippen MR) is 140 cm³/mol. The van der Waals surface area contributed by atoms with E-state index in [2.05, 4.69) is 15.3 Å². The number of anilines is 1. The standard InChI is InChI=1S/C25H37N5O7S/c1-11(2)14-7-15(12(3)4)20(16(8-14)13(5)6)38(35,36)25(34)21-22(28-24(26)29-25)30(10-27-21)23-19(33)18(32)17(9-31)37-23/h7-8,10-13,17-19,23,31-34H,9H2,1-6H3,(H3,26,28,29)/t17-,18-,19-,23-,25?/m1/s1. The summed E-state index contributed by atoms with van der Waals surface area (Å²) >= 11 is 0. The summed E-state index contributed by atoms with van der Waals surface area (Å²) in [6.45, 7) is 11.0. The van der Waals surface area contributed by atoms with Crippen molar-refractivity contribution in [3.63, 3.8) is 0 Å². The van der Waals surface area contributed by atoms with Crippen LogP contribution >= 0.6 is 0 Å². The van der Waals surface area contributed by atoms with Crippen molar-refractivity contribution in [1.82, 2.24) is 9.55 Å². The quantitative estimate of drug-likeness (QED) is 0.291. The maximum absolute atomic E-state index is 14.5. The molecule has 1 aromatic heterocycles. The van der Waals surface area contributed by atoms with E-state index in [-0.39, 0.29) is 34.2 Å². The van der Waals surface area contributed by atoms with Crippen LogP contribution in [0.4, 0.5) is 5.82 Å². The molecule has 2 aromatic rings. The zero-order valence-corrected chi connectivity index (χ0v) is 23.1. The summed E-state index contributed by atoms with van der Waals surface area (Å²) in [5, 5.41) is 41.9. The molecule has 5 atom stereocenters. The zero-order valence-electron chi connectivity index (χ0n) is 22.3. The van der Waals surface area contributed by atoms with Gasteiger partial charge in [-0.1, -0.05) is 53.7 Å². The van der Waals surface area contributed by atoms with Crippen LogP contribution in [0.1, 0.15) is 87.9 Å². The van der Waals surface area contributed by atoms with Gasteiger partial charge in [0.15, 0.2) is 17.9 Å². The number of sulfone groups is 1. The number of aliphatic hydroxyl groups is 4. The summed E-state index contributed by atoms with van der Waals surface area (Å²) in [6.07, 6.45) is -4.04. The van der Waals surface area contributed by atoms with Crippen molar-refractivity contribution in [2.75, 3.05) is 11.9 Å². The largest absolute Gasteiger partial charge is 0.394 e. The Hall–Kier alpha value is -2.55. The molecule has 0 aliphatic carbocycles. The maximum Gasteiger partial charge on any atom is 0.315 e. The van der Waals surface area contributed by atoms with Crippen LogP contribution in [0.2, 0.25) is 0 Å². The number of hydrogen-bond acceptors (Lipinski definition) is 11. The van der Waals surface area contributed by atoms with Gasteiger partial charge in [0.25, 0.3) is 0 Å². The van der Waals surface area contributed by atoms with E-state index in [0.29, 0.717) is 11.1 Å². The minimum atomic E-state index is -4.67. The minimum Gasteiger partial charge on any atom is -0.394 e. The van der Waals surface area contributed by atoms with E-state index >= 15 is 0 Å². The van der Waals surface area contributed by atoms with Gasteiger partial charge in [0.2, 0.25) is 9.84 Å². The van der Waals surface area contributed by atoms with Crippen LogP contribution in [0.5, 0.6) is 0 Å². The first-order valence-electron chi connectivity index (χ1n) is 12.6. The van der Waals surface area contributed by atoms with E-state index in [9.17, 15) is 28.8 Å². The number of ether oxygens (including phenoxy) is 1. The van der Waals surface area contributed by atoms with Crippen LogP contribution in [0.3, 0.4) is 0 Å². The lowest BCUT2D eigenvalue weighted by molar-refractivity contribution is -0.0519. The molecule has 7 N–H and O–H groups in total. The Balaban J connectivity index is 1.94. The topological polar surface area (TPSA) is 193 Å². The van der Waals surface area contributed by atoms with Gasteiger partial charge in [0.1, 0.15) is 24.1 Å². The van der Waals surface area contributed by atoms with Crippen LogP contribution in [0, 0.1) is 0 Å². The van der Waals surface area contributed by atoms with E-state index in [1.807, 2.05) is 53.7 Å². The van der Waals surface area contributed by atoms with Gasteiger partial charge in [-0.15, -0.1) is 0 Å². The third-order valence-electron chi connectivity index (χ3n) is 7.13. The minimum absolute atomic E-state index is 0.0266. The summed E-state index contributed by atoms with van der Waals surface area (Å²) in [6, 6.07) is 3.70. The average Bonchev–Trinajstić information content (AvgIpc) is 3.38. The van der Waals surface area contributed by atoms with Gasteiger partial charge < -0.3 is 36.2 Å². The van der Waals surface area contributed by atoms with Crippen molar-refractivity contribution in [3.8, 4) is 0 Å². The summed E-state index contributed by atoms with van der Waals surface area (Å²) < 4.78 is 35.7. The number of aromatic nitrogens is 2. The lowest BCUT2D eigenvalue weighted by Gasteiger charge is -2.32. The molecule has 13 heteroatoms. The van der Waals surface area contributed by atoms with Crippen LogP contribution in [-0.2, 0) is 19.6 Å². The number of fused-ring (bicyclic) bond motifs is 1. The molecule has 1 fully saturated rings. The van der Waals surface area contributed by atoms with Crippen LogP contribution in [-0.4, -0.2) is 69.3 Å². The Morgan fingerprint density at radius 1 is 1.08 bits per heavy atom. The molecule has 4 rings (SSSR count). The van der Waals surface area contributed by atoms with Gasteiger partial charge in [-0.25, -0.2) is 13.4 Å². The van der Waals surface area contributed by atoms with Crippen molar-refractivity contribution in [2.45, 2.75) is 93.8 Å². The molecule has 38 heavy (non-hydrogen) atoms. The highest BCUT2D eigenvalue weighted by atomic mass is 32.2. The second-order valence-corrected chi connectivity index (χ2v) is 12.8. The van der Waals surface area contributed by atoms with Crippen LogP contribution in [0.15, 0.2) is 28.3 Å². The molecule has 2 aliphatic rings. The van der Waals surface area contributed by atoms with E-state index in [0.717, 1.165) is 11.9 Å². The number of nitrogens with zero attached hydrogens (tertiary/aromatic N) is 3. The summed E-state index contributed by atoms with van der Waals surface area (Å²) in [5.74, 6) is -0.713. The van der Waals surface area contributed by atoms with Gasteiger partial charge in [-0.3, -0.25) is 4.57 Å². The number of aliphatic hydroxyl groups excluding tert-OH is 3. The molecular weight excluding hydrogens is 514 g/mol. The lowest BCUT2D eigenvalue weighted by atomic mass is 9.89. The predicted octanol–water partition coefficient (Wildman–Crippen LogP) is 1.18. The number of hydrogen-bond donors (Lipinski definition) is 6. The van der Waals surface area contributed by atoms with E-state index in [4.69, 9.17) is 10.5 Å². The Morgan fingerprint density at radius 2 is 1.66 bits per heavy atom. The lowest BCUT2D eigenvalue weighted by Crippen LogP contribution is -2.44. The van der Waals surface area contributed by atoms with Gasteiger partial charge >= 0.3 is 5.06 Å². The van der Waals surface area contributed by atoms with Gasteiger partial charge in [0.05, 0.1) is 17.8 Å². The number of guanidine groups is 1. The molecule has 0 saturated carbocycles. The van der Waals surface area contributed by atoms with Crippen molar-refractivity contribution in [2.24, 2.45) is 10.7 Å². The molecule has 0 spiro atoms. The first kappa shape index (κ1) is 28.5. The summed E-state index contributed by atoms with van der Waals surface area (Å²) in [5.41, 5.74) is 7.69. The van der Waals surface area contributed by atoms with Crippen LogP contribution in [0.25, 0.3) is 0 Å². The van der Waals surface area contributed by atoms with Crippen molar-refractivity contribution in [1.29, 1.82) is 0 Å². The smallest absolute Gasteiger partial charge is 0.315 e. The monoisotopic (exact) mass is 551 g/mol. The highest BCUT2D eigenvalue weighted by molar-refractivity contribution is 7.92. The third kappa shape index (κ3) is 4.31. The third-order valence-corrected chi connectivity index (χ3v) is 9.18. The second-order valence-electron chi connectivity index (χ2n) is 10.8. The molecule has 1 unspecified atom stereocenters. The van der Waals surface area contributed by atoms with E-state index in [1.165, 1.54) is 4.57 Å². The summed E-state index contributed by atoms with van der Waals surface area (Å²) in [4.78, 5) is 8.08. The van der Waals surface area contributed by atoms with Gasteiger partial charge in [0, 0.05) is 0 Å². The summed E-state index contributed by atoms with van der Waals surface area (Å²) in [7, 11) is -4.67. The first-order valence-corrected chi connectivity index (χ1v) is 14.1. The molecule has 0 amide bonds. The van der Waals surface area contributed by atoms with E-state index < -0.39 is 52.0 Å². The number of imidazole rings is 1. The Labute approximate surface area is 222 Å². The maximum atomic E-state index is 14.5. The highest BCUT2D eigenvalue weighted by Gasteiger charge is 2.54.